The Hall–Kier alpha value is -2.93. The number of nitrogens with one attached hydrogen (secondary N) is 1. The van der Waals surface area contributed by atoms with Crippen molar-refractivity contribution in [3.8, 4) is 11.4 Å². The minimum absolute atomic E-state index is 0.143. The van der Waals surface area contributed by atoms with Crippen molar-refractivity contribution in [2.45, 2.75) is 25.7 Å². The number of carbonyl (C=O) groups is 1. The van der Waals surface area contributed by atoms with Gasteiger partial charge >= 0.3 is 6.03 Å². The number of halogens is 1. The zero-order valence-electron chi connectivity index (χ0n) is 15.4. The molecule has 0 unspecified atom stereocenters. The van der Waals surface area contributed by atoms with E-state index in [0.29, 0.717) is 35.5 Å². The number of carbonyl (C=O) groups excluding carboxylic acids is 1. The summed E-state index contributed by atoms with van der Waals surface area (Å²) in [6, 6.07) is 9.15. The number of nitrogens with zero attached hydrogens (tertiary/aromatic N) is 4. The number of hydrogen-bond donors (Lipinski definition) is 1. The summed E-state index contributed by atoms with van der Waals surface area (Å²) in [4.78, 5) is 22.9. The predicted molar refractivity (Wildman–Crippen MR) is 106 cm³/mol. The number of aromatic nitrogens is 3. The minimum atomic E-state index is -0.146. The van der Waals surface area contributed by atoms with Crippen LogP contribution in [0.3, 0.4) is 0 Å². The quantitative estimate of drug-likeness (QED) is 0.703. The molecule has 1 saturated heterocycles. The second kappa shape index (κ2) is 7.98. The fourth-order valence-corrected chi connectivity index (χ4v) is 3.44. The van der Waals surface area contributed by atoms with Gasteiger partial charge in [0.15, 0.2) is 0 Å². The molecular weight excluding hydrogens is 378 g/mol. The molecule has 0 radical (unpaired) electrons. The number of hydrogen-bond acceptors (Lipinski definition) is 5. The zero-order valence-corrected chi connectivity index (χ0v) is 16.2. The number of urea groups is 1. The lowest BCUT2D eigenvalue weighted by Gasteiger charge is -2.30. The lowest BCUT2D eigenvalue weighted by atomic mass is 9.97. The number of rotatable bonds is 3. The molecule has 1 fully saturated rings. The van der Waals surface area contributed by atoms with E-state index >= 15 is 0 Å². The molecular formula is C20H20ClN5O2. The molecule has 3 heterocycles. The van der Waals surface area contributed by atoms with Crippen molar-refractivity contribution >= 4 is 23.3 Å². The SMILES string of the molecule is Cc1ccc(Cl)c(NC(=O)N2CCC(c3nc(-c4cccnc4)no3)CC2)c1. The molecule has 1 N–H and O–H groups in total. The molecule has 0 atom stereocenters. The van der Waals surface area contributed by atoms with Crippen LogP contribution in [0.2, 0.25) is 5.02 Å². The minimum Gasteiger partial charge on any atom is -0.339 e. The van der Waals surface area contributed by atoms with Crippen LogP contribution in [0.5, 0.6) is 0 Å². The molecule has 1 aliphatic heterocycles. The monoisotopic (exact) mass is 397 g/mol. The zero-order chi connectivity index (χ0) is 19.5. The maximum atomic E-state index is 12.6. The number of aryl methyl sites for hydroxylation is 1. The van der Waals surface area contributed by atoms with E-state index in [4.69, 9.17) is 16.1 Å². The fraction of sp³-hybridized carbons (Fsp3) is 0.300. The van der Waals surface area contributed by atoms with Gasteiger partial charge in [-0.15, -0.1) is 0 Å². The molecule has 0 bridgehead atoms. The Morgan fingerprint density at radius 2 is 2.11 bits per heavy atom. The molecule has 28 heavy (non-hydrogen) atoms. The third kappa shape index (κ3) is 3.99. The number of amides is 2. The topological polar surface area (TPSA) is 84.2 Å². The Labute approximate surface area is 167 Å². The molecule has 2 aromatic heterocycles. The number of piperidine rings is 1. The van der Waals surface area contributed by atoms with Crippen LogP contribution in [0, 0.1) is 6.92 Å². The van der Waals surface area contributed by atoms with Crippen LogP contribution in [0.25, 0.3) is 11.4 Å². The average Bonchev–Trinajstić information content (AvgIpc) is 3.22. The molecule has 7 nitrogen and oxygen atoms in total. The Morgan fingerprint density at radius 1 is 1.29 bits per heavy atom. The second-order valence-corrected chi connectivity index (χ2v) is 7.28. The molecule has 2 amide bonds. The third-order valence-corrected chi connectivity index (χ3v) is 5.19. The van der Waals surface area contributed by atoms with Crippen LogP contribution in [-0.2, 0) is 0 Å². The Bertz CT molecular complexity index is 968. The van der Waals surface area contributed by atoms with E-state index < -0.39 is 0 Å². The lowest BCUT2D eigenvalue weighted by molar-refractivity contribution is 0.187. The summed E-state index contributed by atoms with van der Waals surface area (Å²) in [6.45, 7) is 3.19. The molecule has 0 saturated carbocycles. The van der Waals surface area contributed by atoms with Gasteiger partial charge in [-0.1, -0.05) is 22.8 Å². The van der Waals surface area contributed by atoms with Gasteiger partial charge < -0.3 is 14.7 Å². The first-order valence-electron chi connectivity index (χ1n) is 9.16. The molecule has 4 rings (SSSR count). The van der Waals surface area contributed by atoms with Gasteiger partial charge in [-0.25, -0.2) is 4.79 Å². The third-order valence-electron chi connectivity index (χ3n) is 4.86. The highest BCUT2D eigenvalue weighted by atomic mass is 35.5. The van der Waals surface area contributed by atoms with Gasteiger partial charge in [0.1, 0.15) is 0 Å². The number of anilines is 1. The van der Waals surface area contributed by atoms with E-state index in [-0.39, 0.29) is 11.9 Å². The Morgan fingerprint density at radius 3 is 2.86 bits per heavy atom. The molecule has 3 aromatic rings. The van der Waals surface area contributed by atoms with Gasteiger partial charge in [0.25, 0.3) is 0 Å². The van der Waals surface area contributed by atoms with Crippen molar-refractivity contribution in [1.82, 2.24) is 20.0 Å². The van der Waals surface area contributed by atoms with Gasteiger partial charge in [0.05, 0.1) is 10.7 Å². The number of pyridine rings is 1. The van der Waals surface area contributed by atoms with Crippen molar-refractivity contribution in [2.75, 3.05) is 18.4 Å². The van der Waals surface area contributed by atoms with Crippen LogP contribution in [0.1, 0.15) is 30.2 Å². The van der Waals surface area contributed by atoms with Gasteiger partial charge in [0, 0.05) is 37.0 Å². The van der Waals surface area contributed by atoms with Crippen LogP contribution in [0.4, 0.5) is 10.5 Å². The first-order chi connectivity index (χ1) is 13.6. The standard InChI is InChI=1S/C20H20ClN5O2/c1-13-4-5-16(21)17(11-13)23-20(27)26-9-6-14(7-10-26)19-24-18(25-28-19)15-3-2-8-22-12-15/h2-5,8,11-12,14H,6-7,9-10H2,1H3,(H,23,27). The van der Waals surface area contributed by atoms with Crippen LogP contribution >= 0.6 is 11.6 Å². The van der Waals surface area contributed by atoms with Crippen LogP contribution in [-0.4, -0.2) is 39.1 Å². The van der Waals surface area contributed by atoms with Crippen molar-refractivity contribution in [3.05, 3.63) is 59.2 Å². The smallest absolute Gasteiger partial charge is 0.321 e. The molecule has 8 heteroatoms. The summed E-state index contributed by atoms with van der Waals surface area (Å²) in [5, 5.41) is 7.48. The van der Waals surface area contributed by atoms with Crippen LogP contribution in [0.15, 0.2) is 47.2 Å². The summed E-state index contributed by atoms with van der Waals surface area (Å²) < 4.78 is 5.45. The highest BCUT2D eigenvalue weighted by molar-refractivity contribution is 6.33. The molecule has 0 spiro atoms. The maximum absolute atomic E-state index is 12.6. The van der Waals surface area contributed by atoms with Crippen molar-refractivity contribution < 1.29 is 9.32 Å². The molecule has 1 aliphatic rings. The first kappa shape index (κ1) is 18.4. The summed E-state index contributed by atoms with van der Waals surface area (Å²) >= 11 is 6.17. The summed E-state index contributed by atoms with van der Waals surface area (Å²) in [5.74, 6) is 1.29. The average molecular weight is 398 g/mol. The van der Waals surface area contributed by atoms with Gasteiger partial charge in [-0.05, 0) is 49.6 Å². The van der Waals surface area contributed by atoms with Crippen molar-refractivity contribution in [2.24, 2.45) is 0 Å². The Kier molecular flexibility index (Phi) is 5.25. The van der Waals surface area contributed by atoms with Crippen molar-refractivity contribution in [1.29, 1.82) is 0 Å². The highest BCUT2D eigenvalue weighted by Gasteiger charge is 2.28. The van der Waals surface area contributed by atoms with E-state index in [2.05, 4.69) is 20.4 Å². The predicted octanol–water partition coefficient (Wildman–Crippen LogP) is 4.50. The highest BCUT2D eigenvalue weighted by Crippen LogP contribution is 2.29. The Balaban J connectivity index is 1.36. The van der Waals surface area contributed by atoms with Crippen molar-refractivity contribution in [3.63, 3.8) is 0 Å². The summed E-state index contributed by atoms with van der Waals surface area (Å²) in [7, 11) is 0. The summed E-state index contributed by atoms with van der Waals surface area (Å²) in [5.41, 5.74) is 2.50. The van der Waals surface area contributed by atoms with E-state index in [1.807, 2.05) is 31.2 Å². The van der Waals surface area contributed by atoms with Gasteiger partial charge in [-0.2, -0.15) is 4.98 Å². The van der Waals surface area contributed by atoms with E-state index in [1.165, 1.54) is 0 Å². The molecule has 0 aliphatic carbocycles. The van der Waals surface area contributed by atoms with E-state index in [0.717, 1.165) is 24.0 Å². The number of likely N-dealkylation sites (tertiary alicyclic amines) is 1. The van der Waals surface area contributed by atoms with Gasteiger partial charge in [-0.3, -0.25) is 4.98 Å². The number of benzene rings is 1. The largest absolute Gasteiger partial charge is 0.339 e. The lowest BCUT2D eigenvalue weighted by Crippen LogP contribution is -2.40. The first-order valence-corrected chi connectivity index (χ1v) is 9.54. The fourth-order valence-electron chi connectivity index (χ4n) is 3.27. The normalized spacial score (nSPS) is 14.9. The molecule has 144 valence electrons. The van der Waals surface area contributed by atoms with E-state index in [1.54, 1.807) is 23.4 Å². The maximum Gasteiger partial charge on any atom is 0.321 e. The second-order valence-electron chi connectivity index (χ2n) is 6.87. The van der Waals surface area contributed by atoms with Gasteiger partial charge in [0.2, 0.25) is 11.7 Å². The van der Waals surface area contributed by atoms with Crippen LogP contribution < -0.4 is 5.32 Å². The molecule has 1 aromatic carbocycles. The summed E-state index contributed by atoms with van der Waals surface area (Å²) in [6.07, 6.45) is 4.94. The van der Waals surface area contributed by atoms with E-state index in [9.17, 15) is 4.79 Å².